The number of pyridine rings is 1. The second-order valence-corrected chi connectivity index (χ2v) is 8.84. The molecule has 0 fully saturated rings. The van der Waals surface area contributed by atoms with Gasteiger partial charge >= 0.3 is 0 Å². The van der Waals surface area contributed by atoms with Crippen LogP contribution in [0.25, 0.3) is 28.0 Å². The summed E-state index contributed by atoms with van der Waals surface area (Å²) < 4.78 is 10.7. The normalized spacial score (nSPS) is 12.0. The Morgan fingerprint density at radius 1 is 1.00 bits per heavy atom. The van der Waals surface area contributed by atoms with Crippen LogP contribution in [0.1, 0.15) is 30.9 Å². The van der Waals surface area contributed by atoms with Crippen molar-refractivity contribution in [1.29, 1.82) is 0 Å². The number of aryl methyl sites for hydroxylation is 1. The van der Waals surface area contributed by atoms with Gasteiger partial charge in [0.05, 0.1) is 14.2 Å². The molecule has 0 aliphatic carbocycles. The molecule has 184 valence electrons. The highest BCUT2D eigenvalue weighted by Gasteiger charge is 2.11. The minimum atomic E-state index is -0.0978. The summed E-state index contributed by atoms with van der Waals surface area (Å²) in [5.41, 5.74) is 4.30. The fraction of sp³-hybridized carbons (Fsp3) is 0.226. The van der Waals surface area contributed by atoms with Crippen LogP contribution in [-0.2, 0) is 11.2 Å². The number of ether oxygens (including phenoxy) is 2. The monoisotopic (exact) mass is 480 g/mol. The minimum Gasteiger partial charge on any atom is -0.497 e. The standard InChI is InChI=1S/C31H32N2O3/c1-22(6-4-7-23-8-5-19-32-21-23)33-30(34)18-13-24-9-10-26-20-28(36-3)16-17-29(26)31(24)25-11-14-27(35-2)15-12-25/h5,8-22H,4,6-7H2,1-3H3,(H,33,34)/b18-13+. The lowest BCUT2D eigenvalue weighted by molar-refractivity contribution is -0.117. The number of carbonyl (C=O) groups is 1. The SMILES string of the molecule is COc1ccc(-c2c(/C=C/C(=O)NC(C)CCCc3cccnc3)ccc3cc(OC)ccc23)cc1. The van der Waals surface area contributed by atoms with Gasteiger partial charge in [-0.05, 0) is 95.6 Å². The van der Waals surface area contributed by atoms with Gasteiger partial charge in [0.2, 0.25) is 5.91 Å². The highest BCUT2D eigenvalue weighted by molar-refractivity contribution is 6.03. The Labute approximate surface area is 212 Å². The van der Waals surface area contributed by atoms with Crippen molar-refractivity contribution in [3.05, 3.63) is 96.3 Å². The van der Waals surface area contributed by atoms with Gasteiger partial charge in [-0.2, -0.15) is 0 Å². The maximum Gasteiger partial charge on any atom is 0.244 e. The fourth-order valence-electron chi connectivity index (χ4n) is 4.36. The number of hydrogen-bond donors (Lipinski definition) is 1. The number of amides is 1. The Morgan fingerprint density at radius 2 is 1.78 bits per heavy atom. The van der Waals surface area contributed by atoms with Gasteiger partial charge in [-0.1, -0.05) is 36.4 Å². The molecule has 1 N–H and O–H groups in total. The van der Waals surface area contributed by atoms with Crippen LogP contribution in [0.15, 0.2) is 85.2 Å². The number of nitrogens with zero attached hydrogens (tertiary/aromatic N) is 1. The molecule has 1 amide bonds. The van der Waals surface area contributed by atoms with Gasteiger partial charge in [0.25, 0.3) is 0 Å². The van der Waals surface area contributed by atoms with Crippen molar-refractivity contribution in [2.45, 2.75) is 32.2 Å². The Morgan fingerprint density at radius 3 is 2.50 bits per heavy atom. The summed E-state index contributed by atoms with van der Waals surface area (Å²) in [6.45, 7) is 2.04. The lowest BCUT2D eigenvalue weighted by Gasteiger charge is -2.14. The van der Waals surface area contributed by atoms with Crippen LogP contribution in [0.5, 0.6) is 11.5 Å². The van der Waals surface area contributed by atoms with Gasteiger partial charge < -0.3 is 14.8 Å². The quantitative estimate of drug-likeness (QED) is 0.265. The van der Waals surface area contributed by atoms with E-state index in [1.807, 2.05) is 67.7 Å². The van der Waals surface area contributed by atoms with E-state index in [4.69, 9.17) is 9.47 Å². The van der Waals surface area contributed by atoms with E-state index in [-0.39, 0.29) is 11.9 Å². The van der Waals surface area contributed by atoms with Crippen LogP contribution in [0.2, 0.25) is 0 Å². The number of rotatable bonds is 10. The number of carbonyl (C=O) groups excluding carboxylic acids is 1. The molecule has 5 nitrogen and oxygen atoms in total. The lowest BCUT2D eigenvalue weighted by atomic mass is 9.92. The Bertz CT molecular complexity index is 1330. The molecule has 0 aliphatic rings. The van der Waals surface area contributed by atoms with Crippen LogP contribution in [0.4, 0.5) is 0 Å². The molecule has 1 aromatic heterocycles. The Balaban J connectivity index is 1.51. The highest BCUT2D eigenvalue weighted by atomic mass is 16.5. The average molecular weight is 481 g/mol. The van der Waals surface area contributed by atoms with Gasteiger partial charge in [0.1, 0.15) is 11.5 Å². The summed E-state index contributed by atoms with van der Waals surface area (Å²) in [4.78, 5) is 16.9. The third-order valence-corrected chi connectivity index (χ3v) is 6.27. The second-order valence-electron chi connectivity index (χ2n) is 8.84. The van der Waals surface area contributed by atoms with Crippen LogP contribution in [-0.4, -0.2) is 31.2 Å². The van der Waals surface area contributed by atoms with Crippen molar-refractivity contribution in [3.63, 3.8) is 0 Å². The maximum absolute atomic E-state index is 12.7. The molecule has 5 heteroatoms. The molecular weight excluding hydrogens is 448 g/mol. The molecule has 0 radical (unpaired) electrons. The Hall–Kier alpha value is -4.12. The van der Waals surface area contributed by atoms with E-state index in [0.29, 0.717) is 0 Å². The number of hydrogen-bond acceptors (Lipinski definition) is 4. The molecule has 0 aliphatic heterocycles. The summed E-state index contributed by atoms with van der Waals surface area (Å²) in [6.07, 6.45) is 10.0. The predicted molar refractivity (Wildman–Crippen MR) is 146 cm³/mol. The van der Waals surface area contributed by atoms with Crippen molar-refractivity contribution in [2.24, 2.45) is 0 Å². The minimum absolute atomic E-state index is 0.0870. The molecule has 36 heavy (non-hydrogen) atoms. The van der Waals surface area contributed by atoms with Crippen molar-refractivity contribution >= 4 is 22.8 Å². The smallest absolute Gasteiger partial charge is 0.244 e. The molecular formula is C31H32N2O3. The van der Waals surface area contributed by atoms with Gasteiger partial charge in [-0.25, -0.2) is 0 Å². The van der Waals surface area contributed by atoms with Crippen LogP contribution < -0.4 is 14.8 Å². The number of nitrogens with one attached hydrogen (secondary N) is 1. The molecule has 1 atom stereocenters. The van der Waals surface area contributed by atoms with Gasteiger partial charge in [0, 0.05) is 24.5 Å². The largest absolute Gasteiger partial charge is 0.497 e. The summed E-state index contributed by atoms with van der Waals surface area (Å²) in [5, 5.41) is 5.25. The average Bonchev–Trinajstić information content (AvgIpc) is 2.92. The molecule has 3 aromatic carbocycles. The molecule has 0 saturated heterocycles. The first-order chi connectivity index (χ1) is 17.6. The Kier molecular flexibility index (Phi) is 8.35. The first-order valence-electron chi connectivity index (χ1n) is 12.2. The molecule has 0 spiro atoms. The summed E-state index contributed by atoms with van der Waals surface area (Å²) in [6, 6.07) is 22.3. The second kappa shape index (κ2) is 12.0. The van der Waals surface area contributed by atoms with Crippen molar-refractivity contribution in [3.8, 4) is 22.6 Å². The summed E-state index contributed by atoms with van der Waals surface area (Å²) >= 11 is 0. The fourth-order valence-corrected chi connectivity index (χ4v) is 4.36. The van der Waals surface area contributed by atoms with E-state index in [1.54, 1.807) is 26.5 Å². The molecule has 0 saturated carbocycles. The zero-order valence-corrected chi connectivity index (χ0v) is 21.0. The third kappa shape index (κ3) is 6.30. The van der Waals surface area contributed by atoms with E-state index in [1.165, 1.54) is 5.56 Å². The molecule has 1 unspecified atom stereocenters. The zero-order chi connectivity index (χ0) is 25.3. The number of fused-ring (bicyclic) bond motifs is 1. The maximum atomic E-state index is 12.7. The predicted octanol–water partition coefficient (Wildman–Crippen LogP) is 6.46. The first-order valence-corrected chi connectivity index (χ1v) is 12.2. The van der Waals surface area contributed by atoms with Gasteiger partial charge in [-0.3, -0.25) is 9.78 Å². The number of benzene rings is 3. The highest BCUT2D eigenvalue weighted by Crippen LogP contribution is 2.35. The third-order valence-electron chi connectivity index (χ3n) is 6.27. The molecule has 1 heterocycles. The van der Waals surface area contributed by atoms with E-state index < -0.39 is 0 Å². The van der Waals surface area contributed by atoms with Crippen LogP contribution >= 0.6 is 0 Å². The topological polar surface area (TPSA) is 60.5 Å². The molecule has 0 bridgehead atoms. The number of aromatic nitrogens is 1. The van der Waals surface area contributed by atoms with Crippen molar-refractivity contribution < 1.29 is 14.3 Å². The van der Waals surface area contributed by atoms with Crippen molar-refractivity contribution in [1.82, 2.24) is 10.3 Å². The van der Waals surface area contributed by atoms with Gasteiger partial charge in [0.15, 0.2) is 0 Å². The number of methoxy groups -OCH3 is 2. The van der Waals surface area contributed by atoms with Crippen LogP contribution in [0, 0.1) is 0 Å². The zero-order valence-electron chi connectivity index (χ0n) is 21.0. The molecule has 4 aromatic rings. The lowest BCUT2D eigenvalue weighted by Crippen LogP contribution is -2.31. The molecule has 4 rings (SSSR count). The van der Waals surface area contributed by atoms with Gasteiger partial charge in [-0.15, -0.1) is 0 Å². The van der Waals surface area contributed by atoms with Crippen LogP contribution in [0.3, 0.4) is 0 Å². The van der Waals surface area contributed by atoms with E-state index in [2.05, 4.69) is 28.5 Å². The first kappa shape index (κ1) is 25.0. The van der Waals surface area contributed by atoms with E-state index in [9.17, 15) is 4.79 Å². The van der Waals surface area contributed by atoms with E-state index >= 15 is 0 Å². The summed E-state index contributed by atoms with van der Waals surface area (Å²) in [7, 11) is 3.33. The van der Waals surface area contributed by atoms with Crippen molar-refractivity contribution in [2.75, 3.05) is 14.2 Å². The van der Waals surface area contributed by atoms with E-state index in [0.717, 1.165) is 58.2 Å². The summed E-state index contributed by atoms with van der Waals surface area (Å²) in [5.74, 6) is 1.51.